The van der Waals surface area contributed by atoms with Gasteiger partial charge in [0.2, 0.25) is 5.95 Å². The van der Waals surface area contributed by atoms with Crippen LogP contribution in [0.5, 0.6) is 0 Å². The average Bonchev–Trinajstić information content (AvgIpc) is 3.70. The van der Waals surface area contributed by atoms with E-state index in [1.807, 2.05) is 12.1 Å². The maximum atomic E-state index is 13.9. The monoisotopic (exact) mass is 520 g/mol. The van der Waals surface area contributed by atoms with Gasteiger partial charge < -0.3 is 10.1 Å². The number of pyridine rings is 3. The molecule has 0 unspecified atom stereocenters. The van der Waals surface area contributed by atoms with Crippen LogP contribution in [0.4, 0.5) is 25.1 Å². The van der Waals surface area contributed by atoms with E-state index in [2.05, 4.69) is 35.9 Å². The summed E-state index contributed by atoms with van der Waals surface area (Å²) in [7, 11) is 1.54. The maximum absolute atomic E-state index is 13.9. The van der Waals surface area contributed by atoms with E-state index >= 15 is 0 Å². The van der Waals surface area contributed by atoms with Crippen molar-refractivity contribution in [2.45, 2.75) is 31.8 Å². The van der Waals surface area contributed by atoms with Gasteiger partial charge in [-0.15, -0.1) is 5.10 Å². The van der Waals surface area contributed by atoms with Crippen molar-refractivity contribution in [2.24, 2.45) is 7.05 Å². The number of aryl methyl sites for hydroxylation is 1. The highest BCUT2D eigenvalue weighted by Crippen LogP contribution is 2.39. The van der Waals surface area contributed by atoms with Crippen LogP contribution < -0.4 is 10.6 Å². The van der Waals surface area contributed by atoms with Crippen LogP contribution in [0.1, 0.15) is 53.4 Å². The summed E-state index contributed by atoms with van der Waals surface area (Å²) in [5, 5.41) is 13.2. The zero-order chi connectivity index (χ0) is 26.8. The fourth-order valence-electron chi connectivity index (χ4n) is 3.71. The molecule has 0 spiro atoms. The molecule has 38 heavy (non-hydrogen) atoms. The highest BCUT2D eigenvalue weighted by atomic mass is 19.1. The van der Waals surface area contributed by atoms with Gasteiger partial charge in [0.15, 0.2) is 11.5 Å². The molecule has 0 aromatic carbocycles. The highest BCUT2D eigenvalue weighted by molar-refractivity contribution is 6.04. The van der Waals surface area contributed by atoms with Crippen LogP contribution in [0.25, 0.3) is 11.4 Å². The van der Waals surface area contributed by atoms with Gasteiger partial charge in [-0.2, -0.15) is 4.39 Å². The first-order chi connectivity index (χ1) is 18.3. The third-order valence-electron chi connectivity index (χ3n) is 5.91. The Morgan fingerprint density at radius 3 is 2.55 bits per heavy atom. The molecule has 0 aliphatic heterocycles. The van der Waals surface area contributed by atoms with Crippen LogP contribution in [-0.2, 0) is 11.8 Å². The van der Waals surface area contributed by atoms with Gasteiger partial charge in [0.05, 0.1) is 34.9 Å². The minimum Gasteiger partial charge on any atom is -0.441 e. The van der Waals surface area contributed by atoms with Gasteiger partial charge in [-0.1, -0.05) is 5.21 Å². The Kier molecular flexibility index (Phi) is 6.73. The number of ether oxygens (including phenoxy) is 1. The number of hydrogen-bond donors (Lipinski definition) is 2. The fourth-order valence-corrected chi connectivity index (χ4v) is 3.71. The predicted octanol–water partition coefficient (Wildman–Crippen LogP) is 4.38. The summed E-state index contributed by atoms with van der Waals surface area (Å²) < 4.78 is 33.8. The van der Waals surface area contributed by atoms with E-state index < -0.39 is 24.0 Å². The molecule has 1 aliphatic carbocycles. The molecule has 1 fully saturated rings. The van der Waals surface area contributed by atoms with E-state index in [0.29, 0.717) is 22.9 Å². The van der Waals surface area contributed by atoms with Crippen LogP contribution in [0.3, 0.4) is 0 Å². The summed E-state index contributed by atoms with van der Waals surface area (Å²) in [6.45, 7) is 1.38. The Bertz CT molecular complexity index is 1490. The quantitative estimate of drug-likeness (QED) is 0.343. The Morgan fingerprint density at radius 1 is 1.05 bits per heavy atom. The number of amides is 2. The number of nitrogens with one attached hydrogen (secondary N) is 2. The normalized spacial score (nSPS) is 13.6. The van der Waals surface area contributed by atoms with Crippen LogP contribution >= 0.6 is 0 Å². The summed E-state index contributed by atoms with van der Waals surface area (Å²) in [5.41, 5.74) is 2.23. The molecule has 0 radical (unpaired) electrons. The lowest BCUT2D eigenvalue weighted by Gasteiger charge is -2.15. The second kappa shape index (κ2) is 10.3. The van der Waals surface area contributed by atoms with Crippen molar-refractivity contribution in [2.75, 3.05) is 10.6 Å². The molecule has 4 aromatic rings. The van der Waals surface area contributed by atoms with Crippen molar-refractivity contribution in [3.63, 3.8) is 0 Å². The van der Waals surface area contributed by atoms with Gasteiger partial charge in [0.1, 0.15) is 11.9 Å². The smallest absolute Gasteiger partial charge is 0.413 e. The van der Waals surface area contributed by atoms with Crippen molar-refractivity contribution in [1.29, 1.82) is 0 Å². The maximum Gasteiger partial charge on any atom is 0.413 e. The molecule has 0 bridgehead atoms. The molecule has 2 N–H and O–H groups in total. The van der Waals surface area contributed by atoms with E-state index in [0.717, 1.165) is 30.8 Å². The van der Waals surface area contributed by atoms with Gasteiger partial charge in [-0.3, -0.25) is 20.1 Å². The standard InChI is InChI=1S/C25H22F2N8O3/c1-13(18-9-16(26)11-30-22(18)27)38-25(37)32-23-21(33-34-35(23)2)20-7-5-15(10-28-20)24(36)31-17-6-8-19(29-12-17)14-3-4-14/h5-14H,3-4H2,1-2H3,(H,31,36)(H,32,37)/t13-/m1/s1. The number of aromatic nitrogens is 6. The molecule has 11 nitrogen and oxygen atoms in total. The molecule has 5 rings (SSSR count). The topological polar surface area (TPSA) is 137 Å². The number of rotatable bonds is 7. The molecular weight excluding hydrogens is 498 g/mol. The van der Waals surface area contributed by atoms with Gasteiger partial charge >= 0.3 is 6.09 Å². The van der Waals surface area contributed by atoms with Crippen LogP contribution in [0.2, 0.25) is 0 Å². The molecule has 4 aromatic heterocycles. The van der Waals surface area contributed by atoms with E-state index in [1.165, 1.54) is 24.9 Å². The van der Waals surface area contributed by atoms with E-state index in [9.17, 15) is 18.4 Å². The lowest BCUT2D eigenvalue weighted by molar-refractivity contribution is 0.102. The van der Waals surface area contributed by atoms with Gasteiger partial charge in [-0.05, 0) is 50.1 Å². The first-order valence-electron chi connectivity index (χ1n) is 11.7. The average molecular weight is 521 g/mol. The third-order valence-corrected chi connectivity index (χ3v) is 5.91. The first kappa shape index (κ1) is 24.9. The number of carbonyl (C=O) groups is 2. The fraction of sp³-hybridized carbons (Fsp3) is 0.240. The Labute approximate surface area is 215 Å². The van der Waals surface area contributed by atoms with E-state index in [4.69, 9.17) is 4.74 Å². The van der Waals surface area contributed by atoms with Gasteiger partial charge in [0, 0.05) is 24.9 Å². The Morgan fingerprint density at radius 2 is 1.87 bits per heavy atom. The molecule has 2 amide bonds. The first-order valence-corrected chi connectivity index (χ1v) is 11.7. The summed E-state index contributed by atoms with van der Waals surface area (Å²) in [5.74, 6) is -1.40. The summed E-state index contributed by atoms with van der Waals surface area (Å²) in [6, 6.07) is 7.74. The minimum atomic E-state index is -1.13. The largest absolute Gasteiger partial charge is 0.441 e. The zero-order valence-corrected chi connectivity index (χ0v) is 20.4. The van der Waals surface area contributed by atoms with Crippen molar-refractivity contribution >= 4 is 23.5 Å². The molecule has 1 saturated carbocycles. The second-order valence-electron chi connectivity index (χ2n) is 8.75. The number of halogens is 2. The highest BCUT2D eigenvalue weighted by Gasteiger charge is 2.25. The number of nitrogens with zero attached hydrogens (tertiary/aromatic N) is 6. The van der Waals surface area contributed by atoms with Crippen molar-refractivity contribution in [3.8, 4) is 11.4 Å². The zero-order valence-electron chi connectivity index (χ0n) is 20.4. The van der Waals surface area contributed by atoms with Crippen molar-refractivity contribution in [3.05, 3.63) is 77.5 Å². The molecule has 4 heterocycles. The van der Waals surface area contributed by atoms with Crippen LogP contribution in [0, 0.1) is 11.8 Å². The molecule has 1 aliphatic rings. The van der Waals surface area contributed by atoms with Crippen molar-refractivity contribution in [1.82, 2.24) is 29.9 Å². The lowest BCUT2D eigenvalue weighted by Crippen LogP contribution is -2.19. The lowest BCUT2D eigenvalue weighted by atomic mass is 10.2. The van der Waals surface area contributed by atoms with E-state index in [-0.39, 0.29) is 23.0 Å². The summed E-state index contributed by atoms with van der Waals surface area (Å²) in [6.07, 6.45) is 3.94. The van der Waals surface area contributed by atoms with Crippen molar-refractivity contribution < 1.29 is 23.1 Å². The predicted molar refractivity (Wildman–Crippen MR) is 131 cm³/mol. The second-order valence-corrected chi connectivity index (χ2v) is 8.75. The number of hydrogen-bond acceptors (Lipinski definition) is 8. The molecule has 1 atom stereocenters. The molecular formula is C25H22F2N8O3. The van der Waals surface area contributed by atoms with E-state index in [1.54, 1.807) is 18.3 Å². The summed E-state index contributed by atoms with van der Waals surface area (Å²) in [4.78, 5) is 37.1. The SMILES string of the molecule is C[C@@H](OC(=O)Nc1c(-c2ccc(C(=O)Nc3ccc(C4CC4)nc3)cn2)nnn1C)c1cc(F)cnc1F. The summed E-state index contributed by atoms with van der Waals surface area (Å²) >= 11 is 0. The molecule has 194 valence electrons. The third kappa shape index (κ3) is 5.45. The number of anilines is 2. The van der Waals surface area contributed by atoms with Gasteiger partial charge in [0.25, 0.3) is 5.91 Å². The molecule has 13 heteroatoms. The Hall–Kier alpha value is -4.81. The molecule has 0 saturated heterocycles. The minimum absolute atomic E-state index is 0.145. The number of carbonyl (C=O) groups excluding carboxylic acids is 2. The Balaban J connectivity index is 1.25. The van der Waals surface area contributed by atoms with Gasteiger partial charge in [-0.25, -0.2) is 18.9 Å². The van der Waals surface area contributed by atoms with Crippen LogP contribution in [0.15, 0.2) is 48.9 Å². The van der Waals surface area contributed by atoms with Crippen LogP contribution in [-0.4, -0.2) is 41.9 Å².